The highest BCUT2D eigenvalue weighted by Gasteiger charge is 2.07. The van der Waals surface area contributed by atoms with Gasteiger partial charge in [-0.05, 0) is 12.1 Å². The first-order chi connectivity index (χ1) is 9.71. The third-order valence-electron chi connectivity index (χ3n) is 2.48. The zero-order chi connectivity index (χ0) is 14.4. The average molecular weight is 309 g/mol. The van der Waals surface area contributed by atoms with E-state index in [1.165, 1.54) is 23.1 Å². The van der Waals surface area contributed by atoms with Gasteiger partial charge in [0.1, 0.15) is 11.5 Å². The second kappa shape index (κ2) is 7.25. The maximum Gasteiger partial charge on any atom is 0.210 e. The van der Waals surface area contributed by atoms with Gasteiger partial charge in [-0.3, -0.25) is 4.79 Å². The third kappa shape index (κ3) is 4.21. The average Bonchev–Trinajstić information content (AvgIpc) is 2.92. The molecule has 1 aromatic heterocycles. The van der Waals surface area contributed by atoms with E-state index in [2.05, 4.69) is 15.5 Å². The van der Waals surface area contributed by atoms with E-state index in [-0.39, 0.29) is 5.78 Å². The van der Waals surface area contributed by atoms with Crippen molar-refractivity contribution in [3.8, 4) is 5.75 Å². The number of methoxy groups -OCH3 is 1. The largest absolute Gasteiger partial charge is 0.497 e. The molecule has 2 aromatic rings. The number of ketones is 1. The maximum atomic E-state index is 11.3. The van der Waals surface area contributed by atoms with E-state index in [0.717, 1.165) is 15.8 Å². The van der Waals surface area contributed by atoms with Gasteiger partial charge in [0.25, 0.3) is 0 Å². The molecule has 0 aliphatic heterocycles. The molecular formula is C13H15N3O2S2. The highest BCUT2D eigenvalue weighted by molar-refractivity contribution is 8.01. The first kappa shape index (κ1) is 14.8. The van der Waals surface area contributed by atoms with Crippen LogP contribution in [0.2, 0.25) is 0 Å². The number of anilines is 2. The van der Waals surface area contributed by atoms with Crippen molar-refractivity contribution in [3.63, 3.8) is 0 Å². The fourth-order valence-electron chi connectivity index (χ4n) is 1.39. The zero-order valence-corrected chi connectivity index (χ0v) is 12.9. The molecule has 1 aromatic carbocycles. The summed E-state index contributed by atoms with van der Waals surface area (Å²) in [6.07, 6.45) is 0.556. The molecule has 20 heavy (non-hydrogen) atoms. The number of nitrogens with zero attached hydrogens (tertiary/aromatic N) is 2. The van der Waals surface area contributed by atoms with E-state index in [0.29, 0.717) is 17.3 Å². The first-order valence-electron chi connectivity index (χ1n) is 6.10. The van der Waals surface area contributed by atoms with Gasteiger partial charge in [0.2, 0.25) is 5.13 Å². The van der Waals surface area contributed by atoms with Gasteiger partial charge >= 0.3 is 0 Å². The number of rotatable bonds is 7. The van der Waals surface area contributed by atoms with Gasteiger partial charge in [0.05, 0.1) is 12.9 Å². The molecule has 0 unspecified atom stereocenters. The number of benzene rings is 1. The number of Topliss-reactive ketones (excluding diaryl/α,β-unsaturated/α-hetero) is 1. The Labute approximate surface area is 125 Å². The smallest absolute Gasteiger partial charge is 0.210 e. The summed E-state index contributed by atoms with van der Waals surface area (Å²) in [5, 5.41) is 12.0. The van der Waals surface area contributed by atoms with Crippen molar-refractivity contribution in [2.75, 3.05) is 18.2 Å². The maximum absolute atomic E-state index is 11.3. The number of aromatic nitrogens is 2. The molecule has 0 atom stereocenters. The number of hydrogen-bond donors (Lipinski definition) is 1. The van der Waals surface area contributed by atoms with Crippen LogP contribution in [0.3, 0.4) is 0 Å². The molecule has 0 spiro atoms. The van der Waals surface area contributed by atoms with Crippen LogP contribution in [0.15, 0.2) is 28.6 Å². The summed E-state index contributed by atoms with van der Waals surface area (Å²) in [4.78, 5) is 11.3. The highest BCUT2D eigenvalue weighted by atomic mass is 32.2. The Balaban J connectivity index is 1.96. The summed E-state index contributed by atoms with van der Waals surface area (Å²) < 4.78 is 5.95. The quantitative estimate of drug-likeness (QED) is 0.791. The molecule has 0 fully saturated rings. The van der Waals surface area contributed by atoms with Crippen LogP contribution in [-0.2, 0) is 4.79 Å². The van der Waals surface area contributed by atoms with Crippen LogP contribution in [0, 0.1) is 0 Å². The number of carbonyl (C=O) groups is 1. The van der Waals surface area contributed by atoms with Gasteiger partial charge in [-0.2, -0.15) is 0 Å². The Hall–Kier alpha value is -1.60. The lowest BCUT2D eigenvalue weighted by molar-refractivity contribution is -0.116. The van der Waals surface area contributed by atoms with Crippen molar-refractivity contribution < 1.29 is 9.53 Å². The summed E-state index contributed by atoms with van der Waals surface area (Å²) in [6, 6.07) is 7.59. The SMILES string of the molecule is CCC(=O)CSc1nnc(Nc2cccc(OC)c2)s1. The summed E-state index contributed by atoms with van der Waals surface area (Å²) in [5.74, 6) is 1.44. The second-order valence-corrected chi connectivity index (χ2v) is 6.11. The van der Waals surface area contributed by atoms with Crippen molar-refractivity contribution in [1.29, 1.82) is 0 Å². The molecule has 7 heteroatoms. The van der Waals surface area contributed by atoms with Crippen LogP contribution >= 0.6 is 23.1 Å². The molecule has 106 valence electrons. The van der Waals surface area contributed by atoms with E-state index >= 15 is 0 Å². The monoisotopic (exact) mass is 309 g/mol. The van der Waals surface area contributed by atoms with Crippen LogP contribution in [0.25, 0.3) is 0 Å². The molecule has 0 aliphatic carbocycles. The summed E-state index contributed by atoms with van der Waals surface area (Å²) in [5.41, 5.74) is 0.890. The Morgan fingerprint density at radius 1 is 1.45 bits per heavy atom. The molecule has 0 amide bonds. The fraction of sp³-hybridized carbons (Fsp3) is 0.308. The van der Waals surface area contributed by atoms with E-state index in [1.54, 1.807) is 7.11 Å². The molecule has 0 saturated carbocycles. The van der Waals surface area contributed by atoms with Gasteiger partial charge < -0.3 is 10.1 Å². The van der Waals surface area contributed by atoms with Crippen molar-refractivity contribution in [3.05, 3.63) is 24.3 Å². The molecule has 1 N–H and O–H groups in total. The van der Waals surface area contributed by atoms with E-state index in [4.69, 9.17) is 4.74 Å². The lowest BCUT2D eigenvalue weighted by atomic mass is 10.3. The molecule has 0 radical (unpaired) electrons. The topological polar surface area (TPSA) is 64.1 Å². The normalized spacial score (nSPS) is 10.3. The zero-order valence-electron chi connectivity index (χ0n) is 11.3. The number of nitrogens with one attached hydrogen (secondary N) is 1. The Morgan fingerprint density at radius 3 is 3.05 bits per heavy atom. The van der Waals surface area contributed by atoms with Crippen LogP contribution in [0.5, 0.6) is 5.75 Å². The third-order valence-corrected chi connectivity index (χ3v) is 4.51. The van der Waals surface area contributed by atoms with Gasteiger partial charge in [-0.15, -0.1) is 10.2 Å². The van der Waals surface area contributed by atoms with Gasteiger partial charge in [0, 0.05) is 18.2 Å². The first-order valence-corrected chi connectivity index (χ1v) is 7.90. The standard InChI is InChI=1S/C13H15N3O2S2/c1-3-10(17)8-19-13-16-15-12(20-13)14-9-5-4-6-11(7-9)18-2/h4-7H,3,8H2,1-2H3,(H,14,15). The summed E-state index contributed by atoms with van der Waals surface area (Å²) in [6.45, 7) is 1.86. The molecular weight excluding hydrogens is 294 g/mol. The Kier molecular flexibility index (Phi) is 5.37. The van der Waals surface area contributed by atoms with E-state index in [9.17, 15) is 4.79 Å². The van der Waals surface area contributed by atoms with Crippen LogP contribution in [0.1, 0.15) is 13.3 Å². The Morgan fingerprint density at radius 2 is 2.30 bits per heavy atom. The van der Waals surface area contributed by atoms with Crippen LogP contribution < -0.4 is 10.1 Å². The number of hydrogen-bond acceptors (Lipinski definition) is 7. The van der Waals surface area contributed by atoms with Gasteiger partial charge in [-0.25, -0.2) is 0 Å². The van der Waals surface area contributed by atoms with Crippen LogP contribution in [-0.4, -0.2) is 28.8 Å². The Bertz CT molecular complexity index is 587. The highest BCUT2D eigenvalue weighted by Crippen LogP contribution is 2.28. The predicted octanol–water partition coefficient (Wildman–Crippen LogP) is 3.36. The fourth-order valence-corrected chi connectivity index (χ4v) is 3.12. The van der Waals surface area contributed by atoms with Crippen LogP contribution in [0.4, 0.5) is 10.8 Å². The molecule has 1 heterocycles. The minimum Gasteiger partial charge on any atom is -0.497 e. The lowest BCUT2D eigenvalue weighted by Gasteiger charge is -2.04. The summed E-state index contributed by atoms with van der Waals surface area (Å²) >= 11 is 2.85. The van der Waals surface area contributed by atoms with Crippen molar-refractivity contribution in [2.24, 2.45) is 0 Å². The molecule has 0 bridgehead atoms. The molecule has 5 nitrogen and oxygen atoms in total. The number of ether oxygens (including phenoxy) is 1. The van der Waals surface area contributed by atoms with Crippen molar-refractivity contribution in [1.82, 2.24) is 10.2 Å². The lowest BCUT2D eigenvalue weighted by Crippen LogP contribution is -1.97. The minimum atomic E-state index is 0.215. The van der Waals surface area contributed by atoms with Gasteiger partial charge in [0.15, 0.2) is 4.34 Å². The van der Waals surface area contributed by atoms with E-state index in [1.807, 2.05) is 31.2 Å². The minimum absolute atomic E-state index is 0.215. The molecule has 2 rings (SSSR count). The van der Waals surface area contributed by atoms with E-state index < -0.39 is 0 Å². The van der Waals surface area contributed by atoms with Crippen molar-refractivity contribution >= 4 is 39.7 Å². The molecule has 0 aliphatic rings. The molecule has 0 saturated heterocycles. The van der Waals surface area contributed by atoms with Gasteiger partial charge in [-0.1, -0.05) is 36.1 Å². The second-order valence-electron chi connectivity index (χ2n) is 3.91. The van der Waals surface area contributed by atoms with Crippen molar-refractivity contribution in [2.45, 2.75) is 17.7 Å². The predicted molar refractivity (Wildman–Crippen MR) is 82.2 cm³/mol. The number of carbonyl (C=O) groups excluding carboxylic acids is 1. The summed E-state index contributed by atoms with van der Waals surface area (Å²) in [7, 11) is 1.63. The number of thioether (sulfide) groups is 1.